The van der Waals surface area contributed by atoms with Crippen LogP contribution in [-0.4, -0.2) is 15.9 Å². The van der Waals surface area contributed by atoms with Gasteiger partial charge in [-0.2, -0.15) is 0 Å². The number of aromatic nitrogens is 2. The Morgan fingerprint density at radius 1 is 1.28 bits per heavy atom. The molecule has 2 aromatic rings. The van der Waals surface area contributed by atoms with Crippen LogP contribution in [0, 0.1) is 0 Å². The number of hydrogen-bond acceptors (Lipinski definition) is 5. The summed E-state index contributed by atoms with van der Waals surface area (Å²) < 4.78 is 44.1. The average Bonchev–Trinajstić information content (AvgIpc) is 2.79. The van der Waals surface area contributed by atoms with Crippen LogP contribution in [0.3, 0.4) is 0 Å². The maximum Gasteiger partial charge on any atom is 0.573 e. The molecule has 0 bridgehead atoms. The van der Waals surface area contributed by atoms with E-state index in [2.05, 4.69) is 19.6 Å². The van der Waals surface area contributed by atoms with E-state index in [-0.39, 0.29) is 18.0 Å². The lowest BCUT2D eigenvalue weighted by Gasteiger charge is -2.13. The molecule has 0 amide bonds. The Kier molecular flexibility index (Phi) is 3.66. The van der Waals surface area contributed by atoms with Gasteiger partial charge in [0, 0.05) is 5.38 Å². The van der Waals surface area contributed by atoms with Crippen molar-refractivity contribution in [1.82, 2.24) is 9.59 Å². The minimum atomic E-state index is -4.71. The average molecular weight is 275 g/mol. The molecule has 0 radical (unpaired) electrons. The summed E-state index contributed by atoms with van der Waals surface area (Å²) in [6.45, 7) is 0.286. The normalized spacial score (nSPS) is 11.3. The molecule has 1 aromatic carbocycles. The maximum atomic E-state index is 12.2. The summed E-state index contributed by atoms with van der Waals surface area (Å²) in [5.74, 6) is -0.270. The van der Waals surface area contributed by atoms with Crippen molar-refractivity contribution >= 4 is 17.2 Å². The second-order valence-electron chi connectivity index (χ2n) is 3.29. The predicted octanol–water partition coefficient (Wildman–Crippen LogP) is 3.05. The van der Waals surface area contributed by atoms with Gasteiger partial charge < -0.3 is 10.1 Å². The van der Waals surface area contributed by atoms with E-state index in [1.807, 2.05) is 0 Å². The lowest BCUT2D eigenvalue weighted by atomic mass is 10.3. The van der Waals surface area contributed by atoms with Crippen LogP contribution in [0.1, 0.15) is 5.69 Å². The second-order valence-corrected chi connectivity index (χ2v) is 3.90. The molecule has 2 rings (SSSR count). The zero-order valence-corrected chi connectivity index (χ0v) is 9.76. The van der Waals surface area contributed by atoms with E-state index in [0.29, 0.717) is 5.69 Å². The quantitative estimate of drug-likeness (QED) is 0.931. The van der Waals surface area contributed by atoms with Crippen LogP contribution in [0.15, 0.2) is 29.6 Å². The van der Waals surface area contributed by atoms with E-state index in [1.165, 1.54) is 29.7 Å². The molecule has 4 nitrogen and oxygen atoms in total. The van der Waals surface area contributed by atoms with Crippen molar-refractivity contribution in [2.75, 3.05) is 5.32 Å². The second kappa shape index (κ2) is 5.21. The van der Waals surface area contributed by atoms with Crippen LogP contribution in [0.25, 0.3) is 0 Å². The summed E-state index contributed by atoms with van der Waals surface area (Å²) in [5, 5.41) is 8.30. The van der Waals surface area contributed by atoms with Crippen molar-refractivity contribution in [3.8, 4) is 5.75 Å². The Bertz CT molecular complexity index is 501. The summed E-state index contributed by atoms with van der Waals surface area (Å²) in [7, 11) is 0. The zero-order chi connectivity index (χ0) is 13.0. The van der Waals surface area contributed by atoms with Crippen LogP contribution < -0.4 is 10.1 Å². The minimum Gasteiger partial charge on any atom is -0.404 e. The zero-order valence-electron chi connectivity index (χ0n) is 8.94. The van der Waals surface area contributed by atoms with E-state index in [1.54, 1.807) is 11.4 Å². The summed E-state index contributed by atoms with van der Waals surface area (Å²) in [4.78, 5) is 0. The first kappa shape index (κ1) is 12.6. The van der Waals surface area contributed by atoms with Crippen LogP contribution in [0.5, 0.6) is 5.75 Å². The molecule has 0 saturated heterocycles. The van der Waals surface area contributed by atoms with Gasteiger partial charge in [0.2, 0.25) is 0 Å². The van der Waals surface area contributed by atoms with Gasteiger partial charge in [0.1, 0.15) is 0 Å². The Balaban J connectivity index is 2.07. The van der Waals surface area contributed by atoms with Crippen molar-refractivity contribution in [2.24, 2.45) is 0 Å². The molecule has 0 spiro atoms. The third-order valence-electron chi connectivity index (χ3n) is 1.98. The fourth-order valence-electron chi connectivity index (χ4n) is 1.27. The number of rotatable bonds is 4. The number of benzene rings is 1. The summed E-state index contributed by atoms with van der Waals surface area (Å²) >= 11 is 1.18. The summed E-state index contributed by atoms with van der Waals surface area (Å²) in [5.41, 5.74) is 0.907. The molecule has 0 saturated carbocycles. The standard InChI is InChI=1S/C10H8F3N3OS/c11-10(12,13)17-9-4-2-1-3-8(9)14-5-7-6-18-16-15-7/h1-4,6,14H,5H2. The molecule has 1 heterocycles. The number of hydrogen-bond donors (Lipinski definition) is 1. The highest BCUT2D eigenvalue weighted by Gasteiger charge is 2.32. The third kappa shape index (κ3) is 3.59. The minimum absolute atomic E-state index is 0.253. The van der Waals surface area contributed by atoms with Gasteiger partial charge in [-0.05, 0) is 23.7 Å². The van der Waals surface area contributed by atoms with Crippen LogP contribution >= 0.6 is 11.5 Å². The van der Waals surface area contributed by atoms with E-state index in [0.717, 1.165) is 0 Å². The first-order chi connectivity index (χ1) is 8.54. The monoisotopic (exact) mass is 275 g/mol. The number of nitrogens with one attached hydrogen (secondary N) is 1. The first-order valence-electron chi connectivity index (χ1n) is 4.89. The molecule has 0 unspecified atom stereocenters. The number of nitrogens with zero attached hydrogens (tertiary/aromatic N) is 2. The number of anilines is 1. The summed E-state index contributed by atoms with van der Waals surface area (Å²) in [6, 6.07) is 5.83. The highest BCUT2D eigenvalue weighted by Crippen LogP contribution is 2.30. The molecule has 1 N–H and O–H groups in total. The van der Waals surface area contributed by atoms with E-state index >= 15 is 0 Å². The van der Waals surface area contributed by atoms with Gasteiger partial charge in [-0.15, -0.1) is 18.3 Å². The molecule has 1 aromatic heterocycles. The highest BCUT2D eigenvalue weighted by atomic mass is 32.1. The number of halogens is 3. The van der Waals surface area contributed by atoms with Gasteiger partial charge >= 0.3 is 6.36 Å². The Labute approximate surface area is 105 Å². The third-order valence-corrected chi connectivity index (χ3v) is 2.53. The van der Waals surface area contributed by atoms with Crippen molar-refractivity contribution in [2.45, 2.75) is 12.9 Å². The largest absolute Gasteiger partial charge is 0.573 e. The fraction of sp³-hybridized carbons (Fsp3) is 0.200. The molecular weight excluding hydrogens is 267 g/mol. The van der Waals surface area contributed by atoms with Crippen LogP contribution in [-0.2, 0) is 6.54 Å². The molecule has 0 aliphatic heterocycles. The number of ether oxygens (including phenoxy) is 1. The molecule has 0 aliphatic rings. The molecule has 18 heavy (non-hydrogen) atoms. The van der Waals surface area contributed by atoms with Crippen LogP contribution in [0.2, 0.25) is 0 Å². The molecule has 0 aliphatic carbocycles. The lowest BCUT2D eigenvalue weighted by Crippen LogP contribution is -2.18. The van der Waals surface area contributed by atoms with Crippen molar-refractivity contribution in [3.05, 3.63) is 35.3 Å². The molecule has 0 fully saturated rings. The van der Waals surface area contributed by atoms with Gasteiger partial charge in [0.15, 0.2) is 5.75 Å². The molecule has 8 heteroatoms. The lowest BCUT2D eigenvalue weighted by molar-refractivity contribution is -0.274. The number of alkyl halides is 3. The molecule has 96 valence electrons. The molecule has 0 atom stereocenters. The van der Waals surface area contributed by atoms with Crippen molar-refractivity contribution < 1.29 is 17.9 Å². The van der Waals surface area contributed by atoms with Crippen LogP contribution in [0.4, 0.5) is 18.9 Å². The Hall–Kier alpha value is -1.83. The van der Waals surface area contributed by atoms with Gasteiger partial charge in [-0.1, -0.05) is 16.6 Å². The van der Waals surface area contributed by atoms with E-state index < -0.39 is 6.36 Å². The topological polar surface area (TPSA) is 47.0 Å². The van der Waals surface area contributed by atoms with E-state index in [9.17, 15) is 13.2 Å². The first-order valence-corrected chi connectivity index (χ1v) is 5.73. The smallest absolute Gasteiger partial charge is 0.404 e. The number of para-hydroxylation sites is 2. The van der Waals surface area contributed by atoms with Gasteiger partial charge in [-0.3, -0.25) is 0 Å². The van der Waals surface area contributed by atoms with Gasteiger partial charge in [-0.25, -0.2) is 0 Å². The highest BCUT2D eigenvalue weighted by molar-refractivity contribution is 7.03. The van der Waals surface area contributed by atoms with Gasteiger partial charge in [0.05, 0.1) is 17.9 Å². The summed E-state index contributed by atoms with van der Waals surface area (Å²) in [6.07, 6.45) is -4.71. The fourth-order valence-corrected chi connectivity index (χ4v) is 1.72. The predicted molar refractivity (Wildman–Crippen MR) is 60.4 cm³/mol. The maximum absolute atomic E-state index is 12.2. The van der Waals surface area contributed by atoms with Gasteiger partial charge in [0.25, 0.3) is 0 Å². The van der Waals surface area contributed by atoms with E-state index in [4.69, 9.17) is 0 Å². The van der Waals surface area contributed by atoms with Crippen molar-refractivity contribution in [1.29, 1.82) is 0 Å². The Morgan fingerprint density at radius 3 is 2.72 bits per heavy atom. The van der Waals surface area contributed by atoms with Crippen molar-refractivity contribution in [3.63, 3.8) is 0 Å². The molecular formula is C10H8F3N3OS. The SMILES string of the molecule is FC(F)(F)Oc1ccccc1NCc1csnn1. The Morgan fingerprint density at radius 2 is 2.06 bits per heavy atom.